The molecule has 98 valence electrons. The van der Waals surface area contributed by atoms with Crippen molar-refractivity contribution in [3.63, 3.8) is 0 Å². The molecule has 8 heteroatoms. The SMILES string of the molecule is Nc1ccc(F)c(S(=O)(=O)NC(=O)NC2CC2)c1. The zero-order chi connectivity index (χ0) is 13.3. The van der Waals surface area contributed by atoms with Gasteiger partial charge < -0.3 is 11.1 Å². The van der Waals surface area contributed by atoms with Crippen molar-refractivity contribution in [3.8, 4) is 0 Å². The highest BCUT2D eigenvalue weighted by Crippen LogP contribution is 2.19. The smallest absolute Gasteiger partial charge is 0.328 e. The number of carbonyl (C=O) groups is 1. The van der Waals surface area contributed by atoms with Crippen LogP contribution >= 0.6 is 0 Å². The third-order valence-corrected chi connectivity index (χ3v) is 3.73. The van der Waals surface area contributed by atoms with Crippen LogP contribution in [0.3, 0.4) is 0 Å². The number of carbonyl (C=O) groups excluding carboxylic acids is 1. The van der Waals surface area contributed by atoms with Crippen molar-refractivity contribution in [2.24, 2.45) is 0 Å². The summed E-state index contributed by atoms with van der Waals surface area (Å²) in [5.74, 6) is -0.962. The molecule has 1 fully saturated rings. The molecule has 1 saturated carbocycles. The number of hydrogen-bond donors (Lipinski definition) is 3. The summed E-state index contributed by atoms with van der Waals surface area (Å²) in [5.41, 5.74) is 5.48. The lowest BCUT2D eigenvalue weighted by molar-refractivity contribution is 0.245. The summed E-state index contributed by atoms with van der Waals surface area (Å²) in [6, 6.07) is 2.27. The van der Waals surface area contributed by atoms with Crippen LogP contribution in [0.25, 0.3) is 0 Å². The van der Waals surface area contributed by atoms with Crippen molar-refractivity contribution in [2.45, 2.75) is 23.8 Å². The predicted octanol–water partition coefficient (Wildman–Crippen LogP) is 0.558. The van der Waals surface area contributed by atoms with E-state index in [1.807, 2.05) is 0 Å². The van der Waals surface area contributed by atoms with Gasteiger partial charge in [0.15, 0.2) is 0 Å². The summed E-state index contributed by atoms with van der Waals surface area (Å²) in [5, 5.41) is 2.43. The Bertz CT molecular complexity index is 584. The van der Waals surface area contributed by atoms with Gasteiger partial charge in [0.25, 0.3) is 10.0 Å². The molecule has 0 atom stereocenters. The molecule has 1 aromatic carbocycles. The van der Waals surface area contributed by atoms with Gasteiger partial charge in [-0.3, -0.25) is 0 Å². The Labute approximate surface area is 103 Å². The molecule has 1 aromatic rings. The monoisotopic (exact) mass is 273 g/mol. The lowest BCUT2D eigenvalue weighted by Gasteiger charge is -2.09. The van der Waals surface area contributed by atoms with Crippen molar-refractivity contribution in [1.29, 1.82) is 0 Å². The Morgan fingerprint density at radius 1 is 1.39 bits per heavy atom. The number of nitrogen functional groups attached to an aromatic ring is 1. The van der Waals surface area contributed by atoms with Gasteiger partial charge in [-0.2, -0.15) is 0 Å². The largest absolute Gasteiger partial charge is 0.399 e. The molecule has 0 bridgehead atoms. The normalized spacial score (nSPS) is 15.2. The number of amides is 2. The number of sulfonamides is 1. The Hall–Kier alpha value is -1.83. The summed E-state index contributed by atoms with van der Waals surface area (Å²) in [7, 11) is -4.25. The quantitative estimate of drug-likeness (QED) is 0.700. The molecule has 6 nitrogen and oxygen atoms in total. The predicted molar refractivity (Wildman–Crippen MR) is 62.7 cm³/mol. The molecule has 0 aromatic heterocycles. The van der Waals surface area contributed by atoms with E-state index in [1.54, 1.807) is 4.72 Å². The third kappa shape index (κ3) is 2.89. The van der Waals surface area contributed by atoms with Crippen molar-refractivity contribution < 1.29 is 17.6 Å². The van der Waals surface area contributed by atoms with Crippen LogP contribution in [0.2, 0.25) is 0 Å². The molecule has 0 spiro atoms. The maximum Gasteiger partial charge on any atom is 0.328 e. The molecule has 2 amide bonds. The molecule has 2 rings (SSSR count). The Balaban J connectivity index is 2.18. The van der Waals surface area contributed by atoms with Gasteiger partial charge in [-0.15, -0.1) is 0 Å². The molecule has 18 heavy (non-hydrogen) atoms. The van der Waals surface area contributed by atoms with Crippen molar-refractivity contribution in [1.82, 2.24) is 10.0 Å². The lowest BCUT2D eigenvalue weighted by atomic mass is 10.3. The van der Waals surface area contributed by atoms with E-state index < -0.39 is 26.8 Å². The summed E-state index contributed by atoms with van der Waals surface area (Å²) >= 11 is 0. The number of anilines is 1. The van der Waals surface area contributed by atoms with Crippen LogP contribution in [-0.2, 0) is 10.0 Å². The Morgan fingerprint density at radius 3 is 2.67 bits per heavy atom. The third-order valence-electron chi connectivity index (χ3n) is 2.38. The second-order valence-corrected chi connectivity index (χ2v) is 5.69. The average Bonchev–Trinajstić information content (AvgIpc) is 3.04. The fourth-order valence-corrected chi connectivity index (χ4v) is 2.37. The van der Waals surface area contributed by atoms with Gasteiger partial charge in [-0.1, -0.05) is 0 Å². The van der Waals surface area contributed by atoms with E-state index in [9.17, 15) is 17.6 Å². The molecule has 0 radical (unpaired) electrons. The van der Waals surface area contributed by atoms with Gasteiger partial charge >= 0.3 is 6.03 Å². The minimum atomic E-state index is -4.25. The molecule has 0 saturated heterocycles. The Morgan fingerprint density at radius 2 is 2.06 bits per heavy atom. The van der Waals surface area contributed by atoms with Gasteiger partial charge in [-0.25, -0.2) is 22.3 Å². The number of urea groups is 1. The molecule has 0 heterocycles. The maximum atomic E-state index is 13.4. The average molecular weight is 273 g/mol. The van der Waals surface area contributed by atoms with E-state index in [2.05, 4.69) is 5.32 Å². The number of benzene rings is 1. The number of nitrogens with two attached hydrogens (primary N) is 1. The van der Waals surface area contributed by atoms with E-state index in [0.29, 0.717) is 0 Å². The first-order chi connectivity index (χ1) is 8.38. The van der Waals surface area contributed by atoms with Crippen LogP contribution in [-0.4, -0.2) is 20.5 Å². The first-order valence-corrected chi connectivity index (χ1v) is 6.75. The van der Waals surface area contributed by atoms with E-state index in [1.165, 1.54) is 6.07 Å². The highest BCUT2D eigenvalue weighted by atomic mass is 32.2. The standard InChI is InChI=1S/C10H12FN3O3S/c11-8-4-1-6(12)5-9(8)18(16,17)14-10(15)13-7-2-3-7/h1,4-5,7H,2-3,12H2,(H2,13,14,15). The second-order valence-electron chi connectivity index (χ2n) is 4.04. The van der Waals surface area contributed by atoms with E-state index in [4.69, 9.17) is 5.73 Å². The zero-order valence-corrected chi connectivity index (χ0v) is 10.1. The van der Waals surface area contributed by atoms with E-state index in [0.717, 1.165) is 25.0 Å². The van der Waals surface area contributed by atoms with Crippen LogP contribution in [0.5, 0.6) is 0 Å². The summed E-state index contributed by atoms with van der Waals surface area (Å²) in [6.07, 6.45) is 1.64. The van der Waals surface area contributed by atoms with Crippen molar-refractivity contribution >= 4 is 21.7 Å². The molecule has 0 unspecified atom stereocenters. The fraction of sp³-hybridized carbons (Fsp3) is 0.300. The fourth-order valence-electron chi connectivity index (χ4n) is 1.35. The summed E-state index contributed by atoms with van der Waals surface area (Å²) in [6.45, 7) is 0. The number of nitrogens with one attached hydrogen (secondary N) is 2. The Kier molecular flexibility index (Phi) is 3.12. The minimum Gasteiger partial charge on any atom is -0.399 e. The zero-order valence-electron chi connectivity index (χ0n) is 9.31. The van der Waals surface area contributed by atoms with Gasteiger partial charge in [0.2, 0.25) is 0 Å². The summed E-state index contributed by atoms with van der Waals surface area (Å²) < 4.78 is 38.6. The molecular formula is C10H12FN3O3S. The van der Waals surface area contributed by atoms with E-state index in [-0.39, 0.29) is 11.7 Å². The van der Waals surface area contributed by atoms with Gasteiger partial charge in [0, 0.05) is 11.7 Å². The van der Waals surface area contributed by atoms with Gasteiger partial charge in [0.05, 0.1) is 0 Å². The van der Waals surface area contributed by atoms with Gasteiger partial charge in [0.1, 0.15) is 10.7 Å². The molecule has 1 aliphatic rings. The molecule has 1 aliphatic carbocycles. The van der Waals surface area contributed by atoms with Crippen molar-refractivity contribution in [3.05, 3.63) is 24.0 Å². The topological polar surface area (TPSA) is 101 Å². The molecular weight excluding hydrogens is 261 g/mol. The van der Waals surface area contributed by atoms with Crippen LogP contribution < -0.4 is 15.8 Å². The van der Waals surface area contributed by atoms with Gasteiger partial charge in [-0.05, 0) is 31.0 Å². The lowest BCUT2D eigenvalue weighted by Crippen LogP contribution is -2.40. The van der Waals surface area contributed by atoms with Crippen molar-refractivity contribution in [2.75, 3.05) is 5.73 Å². The molecule has 4 N–H and O–H groups in total. The second kappa shape index (κ2) is 4.45. The number of rotatable bonds is 3. The van der Waals surface area contributed by atoms with Crippen LogP contribution in [0.1, 0.15) is 12.8 Å². The van der Waals surface area contributed by atoms with Crippen LogP contribution in [0, 0.1) is 5.82 Å². The highest BCUT2D eigenvalue weighted by Gasteiger charge is 2.27. The number of hydrogen-bond acceptors (Lipinski definition) is 4. The van der Waals surface area contributed by atoms with E-state index >= 15 is 0 Å². The maximum absolute atomic E-state index is 13.4. The number of halogens is 1. The molecule has 0 aliphatic heterocycles. The first kappa shape index (κ1) is 12.6. The first-order valence-electron chi connectivity index (χ1n) is 5.27. The highest BCUT2D eigenvalue weighted by molar-refractivity contribution is 7.90. The minimum absolute atomic E-state index is 0.00545. The summed E-state index contributed by atoms with van der Waals surface area (Å²) in [4.78, 5) is 10.7. The van der Waals surface area contributed by atoms with Crippen LogP contribution in [0.4, 0.5) is 14.9 Å². The van der Waals surface area contributed by atoms with Crippen LogP contribution in [0.15, 0.2) is 23.1 Å².